The molecule has 3 aromatic carbocycles. The molecule has 0 unspecified atom stereocenters. The number of hydrogen-bond donors (Lipinski definition) is 1. The van der Waals surface area contributed by atoms with Crippen LogP contribution in [0.4, 0.5) is 5.69 Å². The highest BCUT2D eigenvalue weighted by Gasteiger charge is 2.34. The van der Waals surface area contributed by atoms with Crippen molar-refractivity contribution in [2.75, 3.05) is 18.0 Å². The Bertz CT molecular complexity index is 1340. The zero-order chi connectivity index (χ0) is 28.6. The van der Waals surface area contributed by atoms with Gasteiger partial charge in [0.05, 0.1) is 17.7 Å². The number of anilines is 1. The van der Waals surface area contributed by atoms with Crippen molar-refractivity contribution in [1.82, 2.24) is 10.2 Å². The molecule has 8 nitrogen and oxygen atoms in total. The highest BCUT2D eigenvalue weighted by Crippen LogP contribution is 2.25. The summed E-state index contributed by atoms with van der Waals surface area (Å²) in [6.45, 7) is 7.09. The molecule has 0 spiro atoms. The average Bonchev–Trinajstić information content (AvgIpc) is 2.91. The van der Waals surface area contributed by atoms with Crippen LogP contribution in [0.3, 0.4) is 0 Å². The van der Waals surface area contributed by atoms with Crippen molar-refractivity contribution in [1.29, 1.82) is 0 Å². The van der Waals surface area contributed by atoms with Gasteiger partial charge in [-0.25, -0.2) is 8.42 Å². The van der Waals surface area contributed by atoms with E-state index in [4.69, 9.17) is 4.74 Å². The van der Waals surface area contributed by atoms with Crippen molar-refractivity contribution >= 4 is 27.5 Å². The van der Waals surface area contributed by atoms with Crippen LogP contribution in [0.1, 0.15) is 39.7 Å². The summed E-state index contributed by atoms with van der Waals surface area (Å²) >= 11 is 0. The lowest BCUT2D eigenvalue weighted by molar-refractivity contribution is -0.141. The Morgan fingerprint density at radius 3 is 1.97 bits per heavy atom. The third-order valence-electron chi connectivity index (χ3n) is 6.05. The number of nitrogens with one attached hydrogen (secondary N) is 1. The van der Waals surface area contributed by atoms with Gasteiger partial charge in [-0.2, -0.15) is 0 Å². The van der Waals surface area contributed by atoms with E-state index in [0.717, 1.165) is 9.87 Å². The molecule has 3 rings (SSSR count). The standard InChI is InChI=1S/C30H37N3O5S/c1-6-27(29(35)31-30(2,3)4)32(21-23-17-19-25(38-5)20-18-23)28(34)22-33(24-13-9-7-10-14-24)39(36,37)26-15-11-8-12-16-26/h7-20,27H,6,21-22H2,1-5H3,(H,31,35)/t27-/m1/s1. The third kappa shape index (κ3) is 7.83. The predicted molar refractivity (Wildman–Crippen MR) is 153 cm³/mol. The number of nitrogens with zero attached hydrogens (tertiary/aromatic N) is 2. The van der Waals surface area contributed by atoms with Gasteiger partial charge in [-0.15, -0.1) is 0 Å². The van der Waals surface area contributed by atoms with E-state index in [2.05, 4.69) is 5.32 Å². The first-order valence-corrected chi connectivity index (χ1v) is 14.3. The Kier molecular flexibility index (Phi) is 9.75. The fourth-order valence-electron chi connectivity index (χ4n) is 4.14. The number of carbonyl (C=O) groups excluding carboxylic acids is 2. The maximum absolute atomic E-state index is 14.0. The predicted octanol–water partition coefficient (Wildman–Crippen LogP) is 4.61. The van der Waals surface area contributed by atoms with Gasteiger partial charge in [0.2, 0.25) is 11.8 Å². The summed E-state index contributed by atoms with van der Waals surface area (Å²) in [5.41, 5.74) is 0.626. The number of carbonyl (C=O) groups is 2. The van der Waals surface area contributed by atoms with Crippen LogP contribution in [0.2, 0.25) is 0 Å². The number of ether oxygens (including phenoxy) is 1. The van der Waals surface area contributed by atoms with Crippen LogP contribution in [0.5, 0.6) is 5.75 Å². The molecule has 0 aliphatic carbocycles. The summed E-state index contributed by atoms with van der Waals surface area (Å²) in [4.78, 5) is 28.9. The fraction of sp³-hybridized carbons (Fsp3) is 0.333. The van der Waals surface area contributed by atoms with Gasteiger partial charge < -0.3 is 15.0 Å². The summed E-state index contributed by atoms with van der Waals surface area (Å²) in [6.07, 6.45) is 0.348. The molecule has 208 valence electrons. The quantitative estimate of drug-likeness (QED) is 0.375. The Labute approximate surface area is 231 Å². The lowest BCUT2D eigenvalue weighted by atomic mass is 10.1. The zero-order valence-electron chi connectivity index (χ0n) is 23.1. The second-order valence-electron chi connectivity index (χ2n) is 10.2. The van der Waals surface area contributed by atoms with Gasteiger partial charge in [0.1, 0.15) is 18.3 Å². The van der Waals surface area contributed by atoms with Gasteiger partial charge in [-0.05, 0) is 69.2 Å². The van der Waals surface area contributed by atoms with E-state index < -0.39 is 34.1 Å². The summed E-state index contributed by atoms with van der Waals surface area (Å²) in [5, 5.41) is 2.97. The molecule has 0 saturated heterocycles. The second kappa shape index (κ2) is 12.8. The van der Waals surface area contributed by atoms with E-state index in [1.165, 1.54) is 17.0 Å². The van der Waals surface area contributed by atoms with Crippen LogP contribution in [-0.4, -0.2) is 50.4 Å². The topological polar surface area (TPSA) is 96.0 Å². The molecule has 0 radical (unpaired) electrons. The molecule has 1 N–H and O–H groups in total. The molecule has 0 heterocycles. The van der Waals surface area contributed by atoms with E-state index in [0.29, 0.717) is 17.9 Å². The molecule has 9 heteroatoms. The van der Waals surface area contributed by atoms with Gasteiger partial charge in [0.15, 0.2) is 0 Å². The smallest absolute Gasteiger partial charge is 0.264 e. The molecule has 0 saturated carbocycles. The van der Waals surface area contributed by atoms with Crippen molar-refractivity contribution in [3.05, 3.63) is 90.5 Å². The largest absolute Gasteiger partial charge is 0.497 e. The lowest BCUT2D eigenvalue weighted by Gasteiger charge is -2.34. The highest BCUT2D eigenvalue weighted by atomic mass is 32.2. The van der Waals surface area contributed by atoms with Gasteiger partial charge in [-0.3, -0.25) is 13.9 Å². The van der Waals surface area contributed by atoms with Crippen LogP contribution in [0.25, 0.3) is 0 Å². The van der Waals surface area contributed by atoms with Crippen LogP contribution in [0.15, 0.2) is 89.8 Å². The number of sulfonamides is 1. The van der Waals surface area contributed by atoms with E-state index in [1.807, 2.05) is 39.8 Å². The molecule has 0 aromatic heterocycles. The molecule has 0 fully saturated rings. The first-order valence-electron chi connectivity index (χ1n) is 12.8. The van der Waals surface area contributed by atoms with Crippen LogP contribution in [0, 0.1) is 0 Å². The molecule has 0 aliphatic heterocycles. The molecule has 1 atom stereocenters. The summed E-state index contributed by atoms with van der Waals surface area (Å²) < 4.78 is 33.8. The van der Waals surface area contributed by atoms with Crippen molar-refractivity contribution in [3.8, 4) is 5.75 Å². The minimum atomic E-state index is -4.08. The van der Waals surface area contributed by atoms with Crippen molar-refractivity contribution in [2.24, 2.45) is 0 Å². The van der Waals surface area contributed by atoms with Crippen molar-refractivity contribution in [2.45, 2.75) is 57.1 Å². The molecular weight excluding hydrogens is 514 g/mol. The number of amides is 2. The minimum Gasteiger partial charge on any atom is -0.497 e. The molecule has 0 bridgehead atoms. The second-order valence-corrected chi connectivity index (χ2v) is 12.1. The first-order chi connectivity index (χ1) is 18.5. The lowest BCUT2D eigenvalue weighted by Crippen LogP contribution is -2.55. The summed E-state index contributed by atoms with van der Waals surface area (Å²) in [7, 11) is -2.51. The average molecular weight is 552 g/mol. The maximum atomic E-state index is 14.0. The number of hydrogen-bond acceptors (Lipinski definition) is 5. The number of rotatable bonds is 11. The summed E-state index contributed by atoms with van der Waals surface area (Å²) in [5.74, 6) is -0.132. The Balaban J connectivity index is 2.03. The minimum absolute atomic E-state index is 0.0703. The molecule has 39 heavy (non-hydrogen) atoms. The molecule has 3 aromatic rings. The maximum Gasteiger partial charge on any atom is 0.264 e. The molecule has 0 aliphatic rings. The Hall–Kier alpha value is -3.85. The van der Waals surface area contributed by atoms with E-state index in [1.54, 1.807) is 67.8 Å². The third-order valence-corrected chi connectivity index (χ3v) is 7.84. The van der Waals surface area contributed by atoms with E-state index in [9.17, 15) is 18.0 Å². The van der Waals surface area contributed by atoms with Crippen molar-refractivity contribution < 1.29 is 22.7 Å². The molecule has 2 amide bonds. The van der Waals surface area contributed by atoms with Crippen LogP contribution in [-0.2, 0) is 26.2 Å². The monoisotopic (exact) mass is 551 g/mol. The highest BCUT2D eigenvalue weighted by molar-refractivity contribution is 7.92. The SMILES string of the molecule is CC[C@H](C(=O)NC(C)(C)C)N(Cc1ccc(OC)cc1)C(=O)CN(c1ccccc1)S(=O)(=O)c1ccccc1. The first kappa shape index (κ1) is 29.7. The summed E-state index contributed by atoms with van der Waals surface area (Å²) in [6, 6.07) is 22.9. The van der Waals surface area contributed by atoms with Gasteiger partial charge in [0, 0.05) is 12.1 Å². The van der Waals surface area contributed by atoms with E-state index >= 15 is 0 Å². The number of benzene rings is 3. The van der Waals surface area contributed by atoms with Gasteiger partial charge in [0.25, 0.3) is 10.0 Å². The van der Waals surface area contributed by atoms with Crippen molar-refractivity contribution in [3.63, 3.8) is 0 Å². The zero-order valence-corrected chi connectivity index (χ0v) is 23.9. The fourth-order valence-corrected chi connectivity index (χ4v) is 5.58. The van der Waals surface area contributed by atoms with E-state index in [-0.39, 0.29) is 17.3 Å². The van der Waals surface area contributed by atoms with Crippen LogP contribution >= 0.6 is 0 Å². The Morgan fingerprint density at radius 2 is 1.46 bits per heavy atom. The normalized spacial score (nSPS) is 12.3. The van der Waals surface area contributed by atoms with Crippen LogP contribution < -0.4 is 14.4 Å². The molecular formula is C30H37N3O5S. The Morgan fingerprint density at radius 1 is 0.897 bits per heavy atom. The number of para-hydroxylation sites is 1. The van der Waals surface area contributed by atoms with Gasteiger partial charge >= 0.3 is 0 Å². The number of methoxy groups -OCH3 is 1. The van der Waals surface area contributed by atoms with Gasteiger partial charge in [-0.1, -0.05) is 55.5 Å².